The van der Waals surface area contributed by atoms with Crippen molar-refractivity contribution in [1.29, 1.82) is 0 Å². The fourth-order valence-corrected chi connectivity index (χ4v) is 2.56. The molecule has 0 fully saturated rings. The van der Waals surface area contributed by atoms with Crippen molar-refractivity contribution in [1.82, 2.24) is 24.5 Å². The van der Waals surface area contributed by atoms with Crippen LogP contribution in [0.5, 0.6) is 11.5 Å². The summed E-state index contributed by atoms with van der Waals surface area (Å²) in [6.07, 6.45) is 5.12. The minimum atomic E-state index is 0.0167. The molecule has 1 aromatic carbocycles. The smallest absolute Gasteiger partial charge is 0.252 e. The highest BCUT2D eigenvalue weighted by Crippen LogP contribution is 2.18. The minimum Gasteiger partial charge on any atom is -0.497 e. The van der Waals surface area contributed by atoms with E-state index in [2.05, 4.69) is 15.1 Å². The first kappa shape index (κ1) is 17.7. The van der Waals surface area contributed by atoms with Crippen molar-refractivity contribution in [3.63, 3.8) is 0 Å². The molecule has 8 nitrogen and oxygen atoms in total. The van der Waals surface area contributed by atoms with Crippen LogP contribution < -0.4 is 9.47 Å². The predicted octanol–water partition coefficient (Wildman–Crippen LogP) is 1.60. The van der Waals surface area contributed by atoms with Gasteiger partial charge in [0.1, 0.15) is 24.4 Å². The van der Waals surface area contributed by atoms with Crippen molar-refractivity contribution < 1.29 is 14.3 Å². The molecule has 0 saturated heterocycles. The third-order valence-electron chi connectivity index (χ3n) is 3.95. The molecule has 0 spiro atoms. The van der Waals surface area contributed by atoms with E-state index < -0.39 is 0 Å². The number of rotatable bonds is 8. The maximum atomic E-state index is 12.5. The topological polar surface area (TPSA) is 81.9 Å². The Kier molecular flexibility index (Phi) is 5.62. The molecule has 0 aliphatic rings. The quantitative estimate of drug-likeness (QED) is 0.610. The monoisotopic (exact) mass is 355 g/mol. The highest BCUT2D eigenvalue weighted by atomic mass is 16.5. The average Bonchev–Trinajstić information content (AvgIpc) is 3.13. The lowest BCUT2D eigenvalue weighted by Crippen LogP contribution is -2.35. The summed E-state index contributed by atoms with van der Waals surface area (Å²) in [7, 11) is 1.61. The van der Waals surface area contributed by atoms with Gasteiger partial charge in [0.15, 0.2) is 0 Å². The third kappa shape index (κ3) is 4.27. The van der Waals surface area contributed by atoms with Crippen LogP contribution in [0.3, 0.4) is 0 Å². The van der Waals surface area contributed by atoms with Crippen molar-refractivity contribution in [3.05, 3.63) is 48.5 Å². The molecule has 0 radical (unpaired) electrons. The molecular formula is C18H21N5O3. The molecular weight excluding hydrogens is 334 g/mol. The maximum absolute atomic E-state index is 12.5. The van der Waals surface area contributed by atoms with Gasteiger partial charge in [0.05, 0.1) is 20.1 Å². The van der Waals surface area contributed by atoms with Gasteiger partial charge in [0.2, 0.25) is 5.91 Å². The SMILES string of the molecule is CCN(CCOc1cccc(OC)c1)C(=O)Cc1cnc2ncnn2c1. The van der Waals surface area contributed by atoms with Gasteiger partial charge in [0.25, 0.3) is 5.78 Å². The van der Waals surface area contributed by atoms with E-state index in [0.717, 1.165) is 11.3 Å². The van der Waals surface area contributed by atoms with Crippen LogP contribution in [-0.2, 0) is 11.2 Å². The van der Waals surface area contributed by atoms with Gasteiger partial charge < -0.3 is 14.4 Å². The fraction of sp³-hybridized carbons (Fsp3) is 0.333. The van der Waals surface area contributed by atoms with Gasteiger partial charge in [-0.1, -0.05) is 6.07 Å². The first-order valence-corrected chi connectivity index (χ1v) is 8.38. The van der Waals surface area contributed by atoms with Crippen LogP contribution in [0.25, 0.3) is 5.78 Å². The second-order valence-electron chi connectivity index (χ2n) is 5.64. The Hall–Kier alpha value is -3.16. The van der Waals surface area contributed by atoms with E-state index in [4.69, 9.17) is 9.47 Å². The van der Waals surface area contributed by atoms with Crippen LogP contribution in [0, 0.1) is 0 Å². The van der Waals surface area contributed by atoms with Crippen LogP contribution in [0.2, 0.25) is 0 Å². The predicted molar refractivity (Wildman–Crippen MR) is 95.2 cm³/mol. The lowest BCUT2D eigenvalue weighted by atomic mass is 10.2. The number of hydrogen-bond acceptors (Lipinski definition) is 6. The number of amides is 1. The second-order valence-corrected chi connectivity index (χ2v) is 5.64. The Morgan fingerprint density at radius 1 is 1.27 bits per heavy atom. The minimum absolute atomic E-state index is 0.0167. The van der Waals surface area contributed by atoms with Crippen LogP contribution in [0.15, 0.2) is 43.0 Å². The standard InChI is InChI=1S/C18H21N5O3/c1-3-22(7-8-26-16-6-4-5-15(10-16)25-2)17(24)9-14-11-19-18-20-13-21-23(18)12-14/h4-6,10-13H,3,7-9H2,1-2H3. The number of benzene rings is 1. The largest absolute Gasteiger partial charge is 0.497 e. The van der Waals surface area contributed by atoms with E-state index in [9.17, 15) is 4.79 Å². The summed E-state index contributed by atoms with van der Waals surface area (Å²) < 4.78 is 12.5. The number of methoxy groups -OCH3 is 1. The zero-order valence-electron chi connectivity index (χ0n) is 14.8. The molecule has 3 rings (SSSR count). The van der Waals surface area contributed by atoms with Gasteiger partial charge in [-0.25, -0.2) is 9.50 Å². The number of hydrogen-bond donors (Lipinski definition) is 0. The zero-order chi connectivity index (χ0) is 18.4. The molecule has 1 amide bonds. The summed E-state index contributed by atoms with van der Waals surface area (Å²) in [5.74, 6) is 1.99. The maximum Gasteiger partial charge on any atom is 0.252 e. The van der Waals surface area contributed by atoms with Gasteiger partial charge in [-0.2, -0.15) is 10.1 Å². The number of likely N-dealkylation sites (N-methyl/N-ethyl adjacent to an activating group) is 1. The molecule has 0 unspecified atom stereocenters. The Balaban J connectivity index is 1.54. The van der Waals surface area contributed by atoms with Crippen LogP contribution in [-0.4, -0.2) is 57.2 Å². The first-order chi connectivity index (χ1) is 12.7. The molecule has 0 bridgehead atoms. The van der Waals surface area contributed by atoms with E-state index in [1.54, 1.807) is 28.9 Å². The van der Waals surface area contributed by atoms with Gasteiger partial charge in [-0.15, -0.1) is 0 Å². The normalized spacial score (nSPS) is 10.7. The van der Waals surface area contributed by atoms with E-state index in [0.29, 0.717) is 31.2 Å². The van der Waals surface area contributed by atoms with Crippen molar-refractivity contribution in [3.8, 4) is 11.5 Å². The third-order valence-corrected chi connectivity index (χ3v) is 3.95. The number of aromatic nitrogens is 4. The van der Waals surface area contributed by atoms with Crippen LogP contribution >= 0.6 is 0 Å². The average molecular weight is 355 g/mol. The summed E-state index contributed by atoms with van der Waals surface area (Å²) >= 11 is 0. The molecule has 8 heteroatoms. The molecule has 0 atom stereocenters. The fourth-order valence-electron chi connectivity index (χ4n) is 2.56. The summed E-state index contributed by atoms with van der Waals surface area (Å²) in [6, 6.07) is 7.40. The van der Waals surface area contributed by atoms with Gasteiger partial charge in [0, 0.05) is 25.0 Å². The highest BCUT2D eigenvalue weighted by Gasteiger charge is 2.13. The zero-order valence-corrected chi connectivity index (χ0v) is 14.8. The molecule has 3 aromatic rings. The Morgan fingerprint density at radius 3 is 2.92 bits per heavy atom. The second kappa shape index (κ2) is 8.28. The van der Waals surface area contributed by atoms with Gasteiger partial charge in [-0.05, 0) is 24.6 Å². The summed E-state index contributed by atoms with van der Waals surface area (Å²) in [6.45, 7) is 3.47. The molecule has 26 heavy (non-hydrogen) atoms. The Labute approximate surface area is 151 Å². The van der Waals surface area contributed by atoms with E-state index in [1.165, 1.54) is 6.33 Å². The highest BCUT2D eigenvalue weighted by molar-refractivity contribution is 5.78. The molecule has 0 saturated carbocycles. The number of carbonyl (C=O) groups is 1. The molecule has 0 aliphatic heterocycles. The Morgan fingerprint density at radius 2 is 2.12 bits per heavy atom. The molecule has 2 heterocycles. The van der Waals surface area contributed by atoms with Crippen molar-refractivity contribution in [2.24, 2.45) is 0 Å². The molecule has 0 aliphatic carbocycles. The van der Waals surface area contributed by atoms with Crippen molar-refractivity contribution in [2.45, 2.75) is 13.3 Å². The molecule has 0 N–H and O–H groups in total. The lowest BCUT2D eigenvalue weighted by Gasteiger charge is -2.21. The number of fused-ring (bicyclic) bond motifs is 1. The van der Waals surface area contributed by atoms with Crippen LogP contribution in [0.1, 0.15) is 12.5 Å². The van der Waals surface area contributed by atoms with E-state index in [-0.39, 0.29) is 12.3 Å². The van der Waals surface area contributed by atoms with E-state index in [1.807, 2.05) is 31.2 Å². The Bertz CT molecular complexity index is 880. The number of nitrogens with zero attached hydrogens (tertiary/aromatic N) is 5. The van der Waals surface area contributed by atoms with E-state index >= 15 is 0 Å². The lowest BCUT2D eigenvalue weighted by molar-refractivity contribution is -0.130. The number of carbonyl (C=O) groups excluding carboxylic acids is 1. The number of ether oxygens (including phenoxy) is 2. The van der Waals surface area contributed by atoms with Gasteiger partial charge in [-0.3, -0.25) is 4.79 Å². The van der Waals surface area contributed by atoms with Gasteiger partial charge >= 0.3 is 0 Å². The summed E-state index contributed by atoms with van der Waals surface area (Å²) in [5.41, 5.74) is 0.792. The van der Waals surface area contributed by atoms with Crippen molar-refractivity contribution >= 4 is 11.7 Å². The first-order valence-electron chi connectivity index (χ1n) is 8.38. The van der Waals surface area contributed by atoms with Crippen LogP contribution in [0.4, 0.5) is 0 Å². The summed E-state index contributed by atoms with van der Waals surface area (Å²) in [4.78, 5) is 22.5. The molecule has 136 valence electrons. The summed E-state index contributed by atoms with van der Waals surface area (Å²) in [5, 5.41) is 4.04. The molecule has 2 aromatic heterocycles. The van der Waals surface area contributed by atoms with Crippen molar-refractivity contribution in [2.75, 3.05) is 26.8 Å².